The Morgan fingerprint density at radius 1 is 0.905 bits per heavy atom. The number of aliphatic hydroxyl groups is 2. The van der Waals surface area contributed by atoms with Crippen molar-refractivity contribution in [3.05, 3.63) is 125 Å². The van der Waals surface area contributed by atoms with Gasteiger partial charge in [-0.15, -0.1) is 0 Å². The number of ether oxygens (including phenoxy) is 2. The molecule has 3 N–H and O–H groups in total. The van der Waals surface area contributed by atoms with Gasteiger partial charge >= 0.3 is 0 Å². The first-order valence-electron chi connectivity index (χ1n) is 14.1. The molecule has 8 heteroatoms. The van der Waals surface area contributed by atoms with E-state index in [0.29, 0.717) is 17.9 Å². The predicted octanol–water partition coefficient (Wildman–Crippen LogP) is 5.69. The second-order valence-corrected chi connectivity index (χ2v) is 11.5. The van der Waals surface area contributed by atoms with E-state index in [1.165, 1.54) is 0 Å². The van der Waals surface area contributed by atoms with Gasteiger partial charge in [0.25, 0.3) is 5.91 Å². The van der Waals surface area contributed by atoms with Gasteiger partial charge in [-0.2, -0.15) is 11.8 Å². The van der Waals surface area contributed by atoms with Crippen LogP contribution in [0, 0.1) is 5.92 Å². The predicted molar refractivity (Wildman–Crippen MR) is 165 cm³/mol. The van der Waals surface area contributed by atoms with Gasteiger partial charge in [0, 0.05) is 41.9 Å². The van der Waals surface area contributed by atoms with Gasteiger partial charge < -0.3 is 25.0 Å². The van der Waals surface area contributed by atoms with Gasteiger partial charge in [0.05, 0.1) is 31.0 Å². The topological polar surface area (TPSA) is 101 Å². The smallest absolute Gasteiger partial charge is 0.253 e. The lowest BCUT2D eigenvalue weighted by Crippen LogP contribution is -2.38. The Balaban J connectivity index is 1.35. The maximum atomic E-state index is 12.5. The summed E-state index contributed by atoms with van der Waals surface area (Å²) >= 11 is 1.67. The SMILES string of the molecule is CC1C(CSCCO)OC(c2cccc(-c3cccc(CNC(=O)c4cccnc4)c3)c2)OC1c1ccc(CO)cc1. The Bertz CT molecular complexity index is 1450. The van der Waals surface area contributed by atoms with Crippen LogP contribution in [0.15, 0.2) is 97.3 Å². The van der Waals surface area contributed by atoms with Crippen molar-refractivity contribution in [2.45, 2.75) is 38.6 Å². The number of carbonyl (C=O) groups is 1. The molecular formula is C34H36N2O5S. The van der Waals surface area contributed by atoms with E-state index in [2.05, 4.69) is 41.5 Å². The van der Waals surface area contributed by atoms with Crippen molar-refractivity contribution in [3.8, 4) is 11.1 Å². The zero-order chi connectivity index (χ0) is 29.3. The van der Waals surface area contributed by atoms with Crippen molar-refractivity contribution in [3.63, 3.8) is 0 Å². The number of hydrogen-bond acceptors (Lipinski definition) is 7. The zero-order valence-corrected chi connectivity index (χ0v) is 24.4. The molecule has 5 rings (SSSR count). The number of rotatable bonds is 11. The molecule has 3 aromatic carbocycles. The summed E-state index contributed by atoms with van der Waals surface area (Å²) in [5.74, 6) is 1.33. The normalized spacial score (nSPS) is 20.3. The van der Waals surface area contributed by atoms with E-state index in [4.69, 9.17) is 9.47 Å². The molecule has 1 amide bonds. The Hall–Kier alpha value is -3.53. The summed E-state index contributed by atoms with van der Waals surface area (Å²) in [7, 11) is 0. The first-order valence-corrected chi connectivity index (χ1v) is 15.3. The molecule has 0 saturated carbocycles. The Kier molecular flexibility index (Phi) is 10.4. The number of nitrogens with zero attached hydrogens (tertiary/aromatic N) is 1. The number of benzene rings is 3. The molecule has 1 saturated heterocycles. The Labute approximate surface area is 250 Å². The van der Waals surface area contributed by atoms with Gasteiger partial charge in [0.2, 0.25) is 0 Å². The molecule has 218 valence electrons. The molecule has 4 atom stereocenters. The zero-order valence-electron chi connectivity index (χ0n) is 23.6. The molecule has 4 unspecified atom stereocenters. The van der Waals surface area contributed by atoms with Crippen LogP contribution in [-0.2, 0) is 22.6 Å². The van der Waals surface area contributed by atoms with Crippen LogP contribution in [0.4, 0.5) is 0 Å². The minimum Gasteiger partial charge on any atom is -0.396 e. The fraction of sp³-hybridized carbons (Fsp3) is 0.294. The number of thioether (sulfide) groups is 1. The van der Waals surface area contributed by atoms with Crippen molar-refractivity contribution in [1.29, 1.82) is 0 Å². The summed E-state index contributed by atoms with van der Waals surface area (Å²) in [6, 6.07) is 27.7. The number of nitrogens with one attached hydrogen (secondary N) is 1. The van der Waals surface area contributed by atoms with Crippen molar-refractivity contribution in [2.75, 3.05) is 18.1 Å². The van der Waals surface area contributed by atoms with Gasteiger partial charge in [-0.1, -0.05) is 67.6 Å². The van der Waals surface area contributed by atoms with Crippen molar-refractivity contribution < 1.29 is 24.5 Å². The standard InChI is InChI=1S/C34H36N2O5S/c1-23-31(22-42-16-15-37)40-34(41-32(23)26-12-10-24(21-38)11-13-26)29-8-3-7-28(18-29)27-6-2-5-25(17-27)19-36-33(39)30-9-4-14-35-20-30/h2-14,17-18,20,23,31-32,34,37-38H,15-16,19,21-22H2,1H3,(H,36,39). The highest BCUT2D eigenvalue weighted by molar-refractivity contribution is 7.99. The van der Waals surface area contributed by atoms with Gasteiger partial charge in [-0.3, -0.25) is 9.78 Å². The Morgan fingerprint density at radius 3 is 2.43 bits per heavy atom. The minimum absolute atomic E-state index is 0.00160. The van der Waals surface area contributed by atoms with E-state index in [1.807, 2.05) is 48.5 Å². The molecule has 0 aliphatic carbocycles. The van der Waals surface area contributed by atoms with Crippen LogP contribution in [0.3, 0.4) is 0 Å². The monoisotopic (exact) mass is 584 g/mol. The summed E-state index contributed by atoms with van der Waals surface area (Å²) < 4.78 is 13.1. The molecule has 1 aliphatic heterocycles. The number of hydrogen-bond donors (Lipinski definition) is 3. The fourth-order valence-electron chi connectivity index (χ4n) is 5.08. The van der Waals surface area contributed by atoms with Crippen molar-refractivity contribution in [2.24, 2.45) is 5.92 Å². The average Bonchev–Trinajstić information content (AvgIpc) is 3.05. The lowest BCUT2D eigenvalue weighted by Gasteiger charge is -2.41. The average molecular weight is 585 g/mol. The van der Waals surface area contributed by atoms with E-state index in [-0.39, 0.29) is 37.2 Å². The van der Waals surface area contributed by atoms with Crippen molar-refractivity contribution >= 4 is 17.7 Å². The summed E-state index contributed by atoms with van der Waals surface area (Å²) in [5, 5.41) is 21.8. The second-order valence-electron chi connectivity index (χ2n) is 10.4. The molecule has 0 bridgehead atoms. The number of pyridine rings is 1. The summed E-state index contributed by atoms with van der Waals surface area (Å²) in [6.07, 6.45) is 2.37. The highest BCUT2D eigenvalue weighted by atomic mass is 32.2. The molecule has 4 aromatic rings. The molecule has 0 spiro atoms. The molecule has 1 aromatic heterocycles. The first kappa shape index (κ1) is 29.9. The molecular weight excluding hydrogens is 548 g/mol. The molecule has 0 radical (unpaired) electrons. The van der Waals surface area contributed by atoms with E-state index >= 15 is 0 Å². The number of carbonyl (C=O) groups excluding carboxylic acids is 1. The minimum atomic E-state index is -0.564. The van der Waals surface area contributed by atoms with E-state index in [0.717, 1.165) is 39.1 Å². The first-order chi connectivity index (χ1) is 20.6. The summed E-state index contributed by atoms with van der Waals surface area (Å²) in [5.41, 5.74) is 6.39. The fourth-order valence-corrected chi connectivity index (χ4v) is 5.99. The van der Waals surface area contributed by atoms with Crippen LogP contribution in [0.25, 0.3) is 11.1 Å². The van der Waals surface area contributed by atoms with Gasteiger partial charge in [0.15, 0.2) is 6.29 Å². The lowest BCUT2D eigenvalue weighted by atomic mass is 9.91. The van der Waals surface area contributed by atoms with Gasteiger partial charge in [-0.05, 0) is 52.1 Å². The van der Waals surface area contributed by atoms with Crippen LogP contribution in [0.1, 0.15) is 51.9 Å². The quantitative estimate of drug-likeness (QED) is 0.195. The van der Waals surface area contributed by atoms with Crippen molar-refractivity contribution in [1.82, 2.24) is 10.3 Å². The highest BCUT2D eigenvalue weighted by Crippen LogP contribution is 2.43. The third kappa shape index (κ3) is 7.45. The molecule has 2 heterocycles. The Morgan fingerprint density at radius 2 is 1.69 bits per heavy atom. The largest absolute Gasteiger partial charge is 0.396 e. The van der Waals surface area contributed by atoms with E-state index in [9.17, 15) is 15.0 Å². The number of amides is 1. The number of aromatic nitrogens is 1. The van der Waals surface area contributed by atoms with Crippen LogP contribution >= 0.6 is 11.8 Å². The number of aliphatic hydroxyl groups excluding tert-OH is 2. The third-order valence-electron chi connectivity index (χ3n) is 7.44. The molecule has 1 fully saturated rings. The van der Waals surface area contributed by atoms with E-state index in [1.54, 1.807) is 36.3 Å². The summed E-state index contributed by atoms with van der Waals surface area (Å²) in [4.78, 5) is 16.5. The van der Waals surface area contributed by atoms with Gasteiger partial charge in [-0.25, -0.2) is 0 Å². The molecule has 7 nitrogen and oxygen atoms in total. The van der Waals surface area contributed by atoms with E-state index < -0.39 is 6.29 Å². The third-order valence-corrected chi connectivity index (χ3v) is 8.47. The lowest BCUT2D eigenvalue weighted by molar-refractivity contribution is -0.268. The maximum Gasteiger partial charge on any atom is 0.253 e. The second kappa shape index (κ2) is 14.6. The molecule has 1 aliphatic rings. The molecule has 42 heavy (non-hydrogen) atoms. The van der Waals surface area contributed by atoms with Crippen LogP contribution in [-0.4, -0.2) is 45.3 Å². The van der Waals surface area contributed by atoms with Gasteiger partial charge in [0.1, 0.15) is 0 Å². The highest BCUT2D eigenvalue weighted by Gasteiger charge is 2.38. The maximum absolute atomic E-state index is 12.5. The van der Waals surface area contributed by atoms with Crippen LogP contribution in [0.2, 0.25) is 0 Å². The van der Waals surface area contributed by atoms with Crippen LogP contribution < -0.4 is 5.32 Å². The summed E-state index contributed by atoms with van der Waals surface area (Å²) in [6.45, 7) is 2.67. The van der Waals surface area contributed by atoms with Crippen LogP contribution in [0.5, 0.6) is 0 Å².